The lowest BCUT2D eigenvalue weighted by Gasteiger charge is -2.35. The molecular weight excluding hydrogens is 631 g/mol. The molecule has 0 radical (unpaired) electrons. The first-order valence-corrected chi connectivity index (χ1v) is 18.0. The van der Waals surface area contributed by atoms with Crippen LogP contribution in [0.25, 0.3) is 10.1 Å². The molecule has 0 spiro atoms. The van der Waals surface area contributed by atoms with Gasteiger partial charge < -0.3 is 20.9 Å². The van der Waals surface area contributed by atoms with E-state index >= 15 is 0 Å². The van der Waals surface area contributed by atoms with Crippen LogP contribution in [0.5, 0.6) is 0 Å². The average molecular weight is 672 g/mol. The molecule has 3 N–H and O–H groups in total. The van der Waals surface area contributed by atoms with E-state index in [4.69, 9.17) is 0 Å². The van der Waals surface area contributed by atoms with Crippen molar-refractivity contribution < 1.29 is 19.2 Å². The van der Waals surface area contributed by atoms with Crippen molar-refractivity contribution in [2.75, 3.05) is 39.3 Å². The molecule has 4 amide bonds. The van der Waals surface area contributed by atoms with Crippen molar-refractivity contribution in [3.63, 3.8) is 0 Å². The Balaban J connectivity index is 1.05. The van der Waals surface area contributed by atoms with E-state index < -0.39 is 11.6 Å². The van der Waals surface area contributed by atoms with Crippen molar-refractivity contribution in [2.45, 2.75) is 50.1 Å². The molecule has 1 aliphatic carbocycles. The number of nitrogens with one attached hydrogen (secondary N) is 3. The SMILES string of the molecule is O=C(NC1(C(=O)N[C@H](Cc2ccccc2)C(=O)NCCN2CCN(C(=O)Cc3cccs3)CC2)CCCC1)c1cc2ccccc2s1. The molecule has 0 unspecified atom stereocenters. The number of fused-ring (bicyclic) bond motifs is 1. The maximum atomic E-state index is 14.0. The van der Waals surface area contributed by atoms with Crippen LogP contribution >= 0.6 is 22.7 Å². The minimum absolute atomic E-state index is 0.153. The molecular formula is C36H41N5O4S2. The fourth-order valence-electron chi connectivity index (χ4n) is 6.47. The lowest BCUT2D eigenvalue weighted by molar-refractivity contribution is -0.133. The Kier molecular flexibility index (Phi) is 10.6. The minimum atomic E-state index is -1.07. The van der Waals surface area contributed by atoms with Crippen LogP contribution in [0.15, 0.2) is 78.2 Å². The first-order valence-electron chi connectivity index (χ1n) is 16.3. The van der Waals surface area contributed by atoms with Crippen LogP contribution in [-0.2, 0) is 27.2 Å². The van der Waals surface area contributed by atoms with E-state index in [-0.39, 0.29) is 23.6 Å². The molecule has 4 aromatic rings. The number of amides is 4. The Morgan fingerprint density at radius 1 is 0.872 bits per heavy atom. The zero-order valence-corrected chi connectivity index (χ0v) is 28.0. The first kappa shape index (κ1) is 32.9. The highest BCUT2D eigenvalue weighted by atomic mass is 32.1. The zero-order chi connectivity index (χ0) is 32.6. The molecule has 1 saturated heterocycles. The van der Waals surface area contributed by atoms with Gasteiger partial charge in [0.05, 0.1) is 11.3 Å². The number of hydrogen-bond acceptors (Lipinski definition) is 7. The third-order valence-electron chi connectivity index (χ3n) is 9.16. The topological polar surface area (TPSA) is 111 Å². The molecule has 11 heteroatoms. The summed E-state index contributed by atoms with van der Waals surface area (Å²) in [6.45, 7) is 3.91. The summed E-state index contributed by atoms with van der Waals surface area (Å²) in [6.07, 6.45) is 3.47. The van der Waals surface area contributed by atoms with Crippen molar-refractivity contribution in [3.8, 4) is 0 Å². The molecule has 246 valence electrons. The standard InChI is InChI=1S/C36H41N5O4S2/c42-32(25-28-12-8-22-46-28)41-20-18-40(19-21-41)17-16-37-33(43)29(23-26-9-2-1-3-10-26)38-35(45)36(14-6-7-15-36)39-34(44)31-24-27-11-4-5-13-30(27)47-31/h1-5,8-13,22,24,29H,6-7,14-21,23,25H2,(H,37,43)(H,38,45)(H,39,44)/t29-/m1/s1. The van der Waals surface area contributed by atoms with Gasteiger partial charge >= 0.3 is 0 Å². The average Bonchev–Trinajstić information content (AvgIpc) is 3.87. The lowest BCUT2D eigenvalue weighted by atomic mass is 9.94. The lowest BCUT2D eigenvalue weighted by Crippen LogP contribution is -2.61. The van der Waals surface area contributed by atoms with Crippen LogP contribution in [-0.4, -0.2) is 84.3 Å². The van der Waals surface area contributed by atoms with E-state index in [9.17, 15) is 19.2 Å². The number of carbonyl (C=O) groups excluding carboxylic acids is 4. The molecule has 1 aliphatic heterocycles. The summed E-state index contributed by atoms with van der Waals surface area (Å²) in [4.78, 5) is 59.5. The number of nitrogens with zero attached hydrogens (tertiary/aromatic N) is 2. The Morgan fingerprint density at radius 3 is 2.34 bits per heavy atom. The molecule has 1 atom stereocenters. The van der Waals surface area contributed by atoms with Gasteiger partial charge in [-0.25, -0.2) is 0 Å². The van der Waals surface area contributed by atoms with Crippen molar-refractivity contribution in [2.24, 2.45) is 0 Å². The first-order chi connectivity index (χ1) is 22.9. The number of rotatable bonds is 12. The van der Waals surface area contributed by atoms with Gasteiger partial charge in [0.2, 0.25) is 17.7 Å². The summed E-state index contributed by atoms with van der Waals surface area (Å²) in [7, 11) is 0. The van der Waals surface area contributed by atoms with Crippen LogP contribution in [0.3, 0.4) is 0 Å². The van der Waals surface area contributed by atoms with Crippen LogP contribution in [0.4, 0.5) is 0 Å². The van der Waals surface area contributed by atoms with Gasteiger partial charge in [0.1, 0.15) is 11.6 Å². The van der Waals surface area contributed by atoms with E-state index in [1.807, 2.05) is 83.1 Å². The summed E-state index contributed by atoms with van der Waals surface area (Å²) >= 11 is 3.01. The Morgan fingerprint density at radius 2 is 1.62 bits per heavy atom. The predicted octanol–water partition coefficient (Wildman–Crippen LogP) is 4.24. The maximum Gasteiger partial charge on any atom is 0.262 e. The van der Waals surface area contributed by atoms with Crippen LogP contribution in [0, 0.1) is 0 Å². The Hall–Kier alpha value is -4.06. The number of carbonyl (C=O) groups is 4. The van der Waals surface area contributed by atoms with Crippen molar-refractivity contribution in [3.05, 3.63) is 93.5 Å². The monoisotopic (exact) mass is 671 g/mol. The van der Waals surface area contributed by atoms with E-state index in [2.05, 4.69) is 20.9 Å². The number of piperazine rings is 1. The molecule has 2 aliphatic rings. The van der Waals surface area contributed by atoms with E-state index in [0.29, 0.717) is 56.7 Å². The second kappa shape index (κ2) is 15.2. The highest BCUT2D eigenvalue weighted by Gasteiger charge is 2.44. The highest BCUT2D eigenvalue weighted by Crippen LogP contribution is 2.32. The van der Waals surface area contributed by atoms with Crippen molar-refractivity contribution in [1.29, 1.82) is 0 Å². The quantitative estimate of drug-likeness (QED) is 0.209. The maximum absolute atomic E-state index is 14.0. The third-order valence-corrected chi connectivity index (χ3v) is 11.1. The molecule has 1 saturated carbocycles. The summed E-state index contributed by atoms with van der Waals surface area (Å²) in [6, 6.07) is 22.5. The van der Waals surface area contributed by atoms with E-state index in [1.54, 1.807) is 11.3 Å². The summed E-state index contributed by atoms with van der Waals surface area (Å²) in [5.41, 5.74) is -0.130. The second-order valence-corrected chi connectivity index (χ2v) is 14.5. The van der Waals surface area contributed by atoms with Gasteiger partial charge in [-0.3, -0.25) is 24.1 Å². The minimum Gasteiger partial charge on any atom is -0.353 e. The van der Waals surface area contributed by atoms with Crippen molar-refractivity contribution in [1.82, 2.24) is 25.8 Å². The molecule has 2 fully saturated rings. The second-order valence-electron chi connectivity index (χ2n) is 12.4. The molecule has 6 rings (SSSR count). The summed E-state index contributed by atoms with van der Waals surface area (Å²) in [5.74, 6) is -0.680. The van der Waals surface area contributed by atoms with Gasteiger partial charge in [0, 0.05) is 55.3 Å². The smallest absolute Gasteiger partial charge is 0.262 e. The van der Waals surface area contributed by atoms with Gasteiger partial charge in [-0.2, -0.15) is 0 Å². The van der Waals surface area contributed by atoms with Crippen LogP contribution in [0.1, 0.15) is 45.8 Å². The van der Waals surface area contributed by atoms with Gasteiger partial charge in [-0.1, -0.05) is 67.4 Å². The zero-order valence-electron chi connectivity index (χ0n) is 26.4. The fraction of sp³-hybridized carbons (Fsp3) is 0.389. The van der Waals surface area contributed by atoms with Gasteiger partial charge in [0.25, 0.3) is 5.91 Å². The van der Waals surface area contributed by atoms with E-state index in [0.717, 1.165) is 46.5 Å². The summed E-state index contributed by atoms with van der Waals surface area (Å²) in [5, 5.41) is 12.1. The van der Waals surface area contributed by atoms with Crippen molar-refractivity contribution >= 4 is 56.4 Å². The molecule has 3 heterocycles. The molecule has 2 aromatic carbocycles. The molecule has 9 nitrogen and oxygen atoms in total. The number of thiophene rings is 2. The summed E-state index contributed by atoms with van der Waals surface area (Å²) < 4.78 is 1.02. The normalized spacial score (nSPS) is 16.9. The van der Waals surface area contributed by atoms with Crippen LogP contribution < -0.4 is 16.0 Å². The highest BCUT2D eigenvalue weighted by molar-refractivity contribution is 7.20. The van der Waals surface area contributed by atoms with E-state index in [1.165, 1.54) is 11.3 Å². The Labute approximate surface area is 283 Å². The van der Waals surface area contributed by atoms with Crippen LogP contribution in [0.2, 0.25) is 0 Å². The molecule has 47 heavy (non-hydrogen) atoms. The number of benzene rings is 2. The number of hydrogen-bond donors (Lipinski definition) is 3. The predicted molar refractivity (Wildman–Crippen MR) is 187 cm³/mol. The Bertz CT molecular complexity index is 1640. The van der Waals surface area contributed by atoms with Gasteiger partial charge in [-0.05, 0) is 47.4 Å². The fourth-order valence-corrected chi connectivity index (χ4v) is 8.12. The third kappa shape index (κ3) is 8.27. The largest absolute Gasteiger partial charge is 0.353 e. The molecule has 2 aromatic heterocycles. The molecule has 0 bridgehead atoms. The van der Waals surface area contributed by atoms with Gasteiger partial charge in [-0.15, -0.1) is 22.7 Å². The van der Waals surface area contributed by atoms with Gasteiger partial charge in [0.15, 0.2) is 0 Å².